The first-order valence-electron chi connectivity index (χ1n) is 3.26. The zero-order valence-corrected chi connectivity index (χ0v) is 5.70. The molecule has 1 aromatic carbocycles. The number of rotatable bonds is 1. The Labute approximate surface area is 63.4 Å². The molecular formula is C9H5O2. The number of furan rings is 1. The van der Waals surface area contributed by atoms with Crippen molar-refractivity contribution in [1.82, 2.24) is 0 Å². The third kappa shape index (κ3) is 0.835. The van der Waals surface area contributed by atoms with Crippen molar-refractivity contribution in [1.29, 1.82) is 0 Å². The van der Waals surface area contributed by atoms with Gasteiger partial charge >= 0.3 is 0 Å². The molecule has 0 N–H and O–H groups in total. The number of fused-ring (bicyclic) bond motifs is 1. The van der Waals surface area contributed by atoms with Crippen LogP contribution in [0.5, 0.6) is 0 Å². The van der Waals surface area contributed by atoms with Crippen molar-refractivity contribution in [2.45, 2.75) is 0 Å². The topological polar surface area (TPSA) is 30.2 Å². The number of hydrogen-bond donors (Lipinski definition) is 0. The van der Waals surface area contributed by atoms with Gasteiger partial charge in [0.1, 0.15) is 5.58 Å². The number of carbonyl (C=O) groups excluding carboxylic acids is 1. The van der Waals surface area contributed by atoms with Gasteiger partial charge in [-0.1, -0.05) is 12.1 Å². The Balaban J connectivity index is 2.88. The summed E-state index contributed by atoms with van der Waals surface area (Å²) in [6.07, 6.45) is 3.41. The lowest BCUT2D eigenvalue weighted by atomic mass is 10.1. The van der Waals surface area contributed by atoms with E-state index in [1.54, 1.807) is 24.5 Å². The molecule has 2 aromatic rings. The second-order valence-electron chi connectivity index (χ2n) is 2.24. The summed E-state index contributed by atoms with van der Waals surface area (Å²) >= 11 is 0. The van der Waals surface area contributed by atoms with Crippen molar-refractivity contribution in [2.24, 2.45) is 0 Å². The van der Waals surface area contributed by atoms with Gasteiger partial charge in [0.25, 0.3) is 0 Å². The van der Waals surface area contributed by atoms with E-state index in [1.165, 1.54) is 0 Å². The van der Waals surface area contributed by atoms with E-state index in [9.17, 15) is 4.79 Å². The molecule has 1 radical (unpaired) electrons. The standard InChI is InChI=1S/C9H5O2/c10-6-7-2-1-3-9-8(7)4-5-11-9/h1-5H. The van der Waals surface area contributed by atoms with E-state index in [0.29, 0.717) is 5.56 Å². The average molecular weight is 145 g/mol. The van der Waals surface area contributed by atoms with Crippen molar-refractivity contribution in [3.63, 3.8) is 0 Å². The Morgan fingerprint density at radius 3 is 3.00 bits per heavy atom. The van der Waals surface area contributed by atoms with Gasteiger partial charge in [-0.05, 0) is 12.1 Å². The van der Waals surface area contributed by atoms with Crippen molar-refractivity contribution in [3.8, 4) is 0 Å². The summed E-state index contributed by atoms with van der Waals surface area (Å²) in [6.45, 7) is 0. The molecule has 0 fully saturated rings. The van der Waals surface area contributed by atoms with E-state index < -0.39 is 0 Å². The highest BCUT2D eigenvalue weighted by atomic mass is 16.3. The third-order valence-electron chi connectivity index (χ3n) is 1.61. The molecule has 0 aliphatic heterocycles. The number of hydrogen-bond acceptors (Lipinski definition) is 2. The summed E-state index contributed by atoms with van der Waals surface area (Å²) in [5, 5.41) is 0.822. The van der Waals surface area contributed by atoms with Crippen LogP contribution < -0.4 is 0 Å². The van der Waals surface area contributed by atoms with Crippen LogP contribution in [0.1, 0.15) is 5.56 Å². The monoisotopic (exact) mass is 145 g/mol. The minimum absolute atomic E-state index is 0.552. The summed E-state index contributed by atoms with van der Waals surface area (Å²) in [7, 11) is 0. The van der Waals surface area contributed by atoms with Gasteiger partial charge in [0.05, 0.1) is 6.26 Å². The first-order chi connectivity index (χ1) is 5.42. The fourth-order valence-electron chi connectivity index (χ4n) is 1.08. The van der Waals surface area contributed by atoms with Gasteiger partial charge in [-0.3, -0.25) is 4.79 Å². The molecule has 0 bridgehead atoms. The van der Waals surface area contributed by atoms with E-state index >= 15 is 0 Å². The van der Waals surface area contributed by atoms with Crippen LogP contribution in [0.4, 0.5) is 0 Å². The fraction of sp³-hybridized carbons (Fsp3) is 0. The highest BCUT2D eigenvalue weighted by Gasteiger charge is 2.00. The SMILES string of the molecule is O=[C]c1cccc2occc12. The molecule has 0 aliphatic carbocycles. The van der Waals surface area contributed by atoms with Crippen LogP contribution in [0.25, 0.3) is 11.0 Å². The fourth-order valence-corrected chi connectivity index (χ4v) is 1.08. The van der Waals surface area contributed by atoms with E-state index in [4.69, 9.17) is 4.42 Å². The van der Waals surface area contributed by atoms with E-state index in [2.05, 4.69) is 0 Å². The van der Waals surface area contributed by atoms with Crippen molar-refractivity contribution < 1.29 is 9.21 Å². The van der Waals surface area contributed by atoms with Crippen LogP contribution in [0.2, 0.25) is 0 Å². The normalized spacial score (nSPS) is 10.2. The van der Waals surface area contributed by atoms with Gasteiger partial charge in [0.2, 0.25) is 6.29 Å². The maximum Gasteiger partial charge on any atom is 0.234 e. The minimum atomic E-state index is 0.552. The molecule has 11 heavy (non-hydrogen) atoms. The molecule has 0 unspecified atom stereocenters. The van der Waals surface area contributed by atoms with Crippen molar-refractivity contribution in [3.05, 3.63) is 36.1 Å². The molecule has 0 saturated heterocycles. The predicted octanol–water partition coefficient (Wildman–Crippen LogP) is 1.89. The number of benzene rings is 1. The van der Waals surface area contributed by atoms with Gasteiger partial charge in [-0.2, -0.15) is 0 Å². The van der Waals surface area contributed by atoms with E-state index in [-0.39, 0.29) is 0 Å². The molecule has 2 rings (SSSR count). The highest BCUT2D eigenvalue weighted by Crippen LogP contribution is 2.17. The molecule has 0 aliphatic rings. The lowest BCUT2D eigenvalue weighted by Crippen LogP contribution is -1.78. The van der Waals surface area contributed by atoms with Gasteiger partial charge in [-0.15, -0.1) is 0 Å². The maximum absolute atomic E-state index is 10.4. The quantitative estimate of drug-likeness (QED) is 0.613. The minimum Gasteiger partial charge on any atom is -0.464 e. The highest BCUT2D eigenvalue weighted by molar-refractivity contribution is 5.95. The van der Waals surface area contributed by atoms with Crippen LogP contribution in [0.15, 0.2) is 34.9 Å². The molecular weight excluding hydrogens is 140 g/mol. The summed E-state index contributed by atoms with van der Waals surface area (Å²) in [5.74, 6) is 0. The van der Waals surface area contributed by atoms with Gasteiger partial charge in [-0.25, -0.2) is 0 Å². The van der Waals surface area contributed by atoms with Gasteiger partial charge in [0, 0.05) is 10.9 Å². The second-order valence-corrected chi connectivity index (χ2v) is 2.24. The molecule has 2 nitrogen and oxygen atoms in total. The summed E-state index contributed by atoms with van der Waals surface area (Å²) in [4.78, 5) is 10.4. The Kier molecular flexibility index (Phi) is 1.25. The summed E-state index contributed by atoms with van der Waals surface area (Å²) in [6, 6.07) is 7.06. The predicted molar refractivity (Wildman–Crippen MR) is 41.0 cm³/mol. The molecule has 0 spiro atoms. The first kappa shape index (κ1) is 6.16. The zero-order valence-electron chi connectivity index (χ0n) is 5.70. The van der Waals surface area contributed by atoms with Gasteiger partial charge in [0.15, 0.2) is 0 Å². The van der Waals surface area contributed by atoms with Crippen LogP contribution in [0, 0.1) is 0 Å². The van der Waals surface area contributed by atoms with Crippen LogP contribution in [-0.2, 0) is 4.79 Å². The van der Waals surface area contributed by atoms with E-state index in [0.717, 1.165) is 11.0 Å². The largest absolute Gasteiger partial charge is 0.464 e. The zero-order chi connectivity index (χ0) is 7.68. The Morgan fingerprint density at radius 2 is 2.18 bits per heavy atom. The lowest BCUT2D eigenvalue weighted by Gasteiger charge is -1.88. The molecule has 0 atom stereocenters. The summed E-state index contributed by atoms with van der Waals surface area (Å²) in [5.41, 5.74) is 1.28. The second kappa shape index (κ2) is 2.23. The Bertz CT molecular complexity index is 387. The van der Waals surface area contributed by atoms with Crippen LogP contribution in [0.3, 0.4) is 0 Å². The van der Waals surface area contributed by atoms with Crippen molar-refractivity contribution in [2.75, 3.05) is 0 Å². The van der Waals surface area contributed by atoms with E-state index in [1.807, 2.05) is 12.4 Å². The Morgan fingerprint density at radius 1 is 1.27 bits per heavy atom. The molecule has 0 saturated carbocycles. The van der Waals surface area contributed by atoms with Crippen LogP contribution >= 0.6 is 0 Å². The summed E-state index contributed by atoms with van der Waals surface area (Å²) < 4.78 is 5.08. The first-order valence-corrected chi connectivity index (χ1v) is 3.26. The lowest BCUT2D eigenvalue weighted by molar-refractivity contribution is 0.563. The van der Waals surface area contributed by atoms with Crippen molar-refractivity contribution >= 4 is 17.3 Å². The molecule has 2 heteroatoms. The average Bonchev–Trinajstić information content (AvgIpc) is 2.50. The Hall–Kier alpha value is -1.57. The smallest absolute Gasteiger partial charge is 0.234 e. The molecule has 1 aromatic heterocycles. The van der Waals surface area contributed by atoms with Gasteiger partial charge < -0.3 is 4.42 Å². The molecule has 0 amide bonds. The molecule has 53 valence electrons. The van der Waals surface area contributed by atoms with Crippen LogP contribution in [-0.4, -0.2) is 6.29 Å². The third-order valence-corrected chi connectivity index (χ3v) is 1.61. The molecule has 1 heterocycles. The maximum atomic E-state index is 10.4.